The second kappa shape index (κ2) is 6.05. The quantitative estimate of drug-likeness (QED) is 0.762. The van der Waals surface area contributed by atoms with Gasteiger partial charge in [-0.1, -0.05) is 0 Å². The highest BCUT2D eigenvalue weighted by atomic mass is 79.9. The zero-order chi connectivity index (χ0) is 15.8. The van der Waals surface area contributed by atoms with Gasteiger partial charge >= 0.3 is 6.61 Å². The van der Waals surface area contributed by atoms with Crippen LogP contribution in [0.3, 0.4) is 0 Å². The average molecular weight is 386 g/mol. The first kappa shape index (κ1) is 16.4. The summed E-state index contributed by atoms with van der Waals surface area (Å²) in [5, 5.41) is 10.8. The van der Waals surface area contributed by atoms with Crippen LogP contribution in [-0.4, -0.2) is 33.0 Å². The van der Waals surface area contributed by atoms with Gasteiger partial charge in [-0.25, -0.2) is 8.42 Å². The van der Waals surface area contributed by atoms with Crippen LogP contribution in [0.15, 0.2) is 21.5 Å². The molecule has 1 aromatic carbocycles. The molecule has 1 aromatic rings. The monoisotopic (exact) mass is 385 g/mol. The molecule has 5 nitrogen and oxygen atoms in total. The fraction of sp³-hybridized carbons (Fsp3) is 0.500. The van der Waals surface area contributed by atoms with Gasteiger partial charge in [0.1, 0.15) is 5.69 Å². The highest BCUT2D eigenvalue weighted by Gasteiger charge is 2.27. The molecular weight excluding hydrogens is 372 g/mol. The molecule has 118 valence electrons. The van der Waals surface area contributed by atoms with Crippen LogP contribution in [0.5, 0.6) is 5.75 Å². The van der Waals surface area contributed by atoms with Gasteiger partial charge in [0, 0.05) is 23.3 Å². The largest absolute Gasteiger partial charge is 0.432 e. The van der Waals surface area contributed by atoms with E-state index in [1.165, 1.54) is 6.07 Å². The number of alkyl halides is 2. The van der Waals surface area contributed by atoms with Crippen LogP contribution in [-0.2, 0) is 9.84 Å². The summed E-state index contributed by atoms with van der Waals surface area (Å²) in [4.78, 5) is -0.179. The van der Waals surface area contributed by atoms with Crippen molar-refractivity contribution in [3.8, 4) is 5.75 Å². The number of rotatable bonds is 6. The maximum atomic E-state index is 12.5. The van der Waals surface area contributed by atoms with Gasteiger partial charge in [0.2, 0.25) is 0 Å². The number of hydroxylamine groups is 1. The molecule has 0 bridgehead atoms. The fourth-order valence-corrected chi connectivity index (χ4v) is 3.79. The molecule has 1 saturated carbocycles. The Morgan fingerprint density at radius 3 is 2.57 bits per heavy atom. The zero-order valence-corrected chi connectivity index (χ0v) is 13.5. The van der Waals surface area contributed by atoms with Crippen LogP contribution in [0.2, 0.25) is 0 Å². The molecule has 0 unspecified atom stereocenters. The van der Waals surface area contributed by atoms with Crippen molar-refractivity contribution in [2.24, 2.45) is 5.92 Å². The van der Waals surface area contributed by atoms with Crippen LogP contribution < -0.4 is 9.80 Å². The smallest absolute Gasteiger partial charge is 0.387 e. The van der Waals surface area contributed by atoms with Crippen LogP contribution in [0, 0.1) is 5.92 Å². The van der Waals surface area contributed by atoms with Crippen LogP contribution in [0.1, 0.15) is 12.8 Å². The number of nitrogens with zero attached hydrogens (tertiary/aromatic N) is 1. The first-order valence-electron chi connectivity index (χ1n) is 6.13. The lowest BCUT2D eigenvalue weighted by Gasteiger charge is -2.21. The third kappa shape index (κ3) is 4.27. The van der Waals surface area contributed by atoms with E-state index in [1.54, 1.807) is 0 Å². The normalized spacial score (nSPS) is 15.3. The Kier molecular flexibility index (Phi) is 4.74. The lowest BCUT2D eigenvalue weighted by atomic mass is 10.2. The summed E-state index contributed by atoms with van der Waals surface area (Å²) in [6, 6.07) is 2.24. The molecule has 9 heteroatoms. The third-order valence-electron chi connectivity index (χ3n) is 3.04. The first-order chi connectivity index (χ1) is 9.68. The van der Waals surface area contributed by atoms with E-state index in [1.807, 2.05) is 0 Å². The summed E-state index contributed by atoms with van der Waals surface area (Å²) in [6.45, 7) is -2.84. The highest BCUT2D eigenvalue weighted by molar-refractivity contribution is 9.10. The van der Waals surface area contributed by atoms with Crippen molar-refractivity contribution in [1.29, 1.82) is 0 Å². The Morgan fingerprint density at radius 1 is 1.48 bits per heavy atom. The minimum absolute atomic E-state index is 0.00137. The molecule has 0 aliphatic heterocycles. The summed E-state index contributed by atoms with van der Waals surface area (Å²) in [5.74, 6) is -0.0699. The number of ether oxygens (including phenoxy) is 1. The predicted octanol–water partition coefficient (Wildman–Crippen LogP) is 3.06. The molecule has 21 heavy (non-hydrogen) atoms. The van der Waals surface area contributed by atoms with Crippen molar-refractivity contribution in [2.45, 2.75) is 24.3 Å². The van der Waals surface area contributed by atoms with Gasteiger partial charge in [0.15, 0.2) is 15.6 Å². The lowest BCUT2D eigenvalue weighted by molar-refractivity contribution is -0.0500. The number of halogens is 3. The third-order valence-corrected chi connectivity index (χ3v) is 5.09. The van der Waals surface area contributed by atoms with E-state index in [0.29, 0.717) is 5.92 Å². The predicted molar refractivity (Wildman–Crippen MR) is 75.7 cm³/mol. The van der Waals surface area contributed by atoms with Crippen LogP contribution >= 0.6 is 15.9 Å². The lowest BCUT2D eigenvalue weighted by Crippen LogP contribution is -2.22. The van der Waals surface area contributed by atoms with Gasteiger partial charge in [-0.15, -0.1) is 0 Å². The molecule has 0 atom stereocenters. The molecule has 0 radical (unpaired) electrons. The SMILES string of the molecule is CS(=O)(=O)c1cc(OC(F)F)c(N(O)CC2CC2)cc1Br. The molecule has 1 N–H and O–H groups in total. The van der Waals surface area contributed by atoms with E-state index in [2.05, 4.69) is 20.7 Å². The average Bonchev–Trinajstić information content (AvgIpc) is 3.12. The van der Waals surface area contributed by atoms with Crippen LogP contribution in [0.25, 0.3) is 0 Å². The Morgan fingerprint density at radius 2 is 2.10 bits per heavy atom. The first-order valence-corrected chi connectivity index (χ1v) is 8.81. The molecule has 2 rings (SSSR count). The Labute approximate surface area is 129 Å². The standard InChI is InChI=1S/C12H14BrF2NO4S/c1-21(18,19)11-5-10(20-12(14)15)9(4-8(11)13)16(17)6-7-2-3-7/h4-5,7,12,17H,2-3,6H2,1H3. The Balaban J connectivity index is 2.43. The summed E-state index contributed by atoms with van der Waals surface area (Å²) in [5.41, 5.74) is 0.00137. The number of anilines is 1. The summed E-state index contributed by atoms with van der Waals surface area (Å²) < 4.78 is 52.7. The minimum Gasteiger partial charge on any atom is -0.432 e. The maximum Gasteiger partial charge on any atom is 0.387 e. The number of sulfone groups is 1. The van der Waals surface area contributed by atoms with Crippen molar-refractivity contribution < 1.29 is 27.1 Å². The van der Waals surface area contributed by atoms with E-state index in [0.717, 1.165) is 30.2 Å². The van der Waals surface area contributed by atoms with Crippen LogP contribution in [0.4, 0.5) is 14.5 Å². The molecule has 0 spiro atoms. The highest BCUT2D eigenvalue weighted by Crippen LogP contribution is 2.39. The van der Waals surface area contributed by atoms with Crippen molar-refractivity contribution in [3.05, 3.63) is 16.6 Å². The van der Waals surface area contributed by atoms with E-state index in [9.17, 15) is 22.4 Å². The zero-order valence-electron chi connectivity index (χ0n) is 11.1. The minimum atomic E-state index is -3.62. The van der Waals surface area contributed by atoms with Crippen molar-refractivity contribution >= 4 is 31.5 Å². The van der Waals surface area contributed by atoms with Gasteiger partial charge in [-0.05, 0) is 40.8 Å². The second-order valence-corrected chi connectivity index (χ2v) is 7.77. The van der Waals surface area contributed by atoms with E-state index in [-0.39, 0.29) is 27.3 Å². The summed E-state index contributed by atoms with van der Waals surface area (Å²) in [6.07, 6.45) is 2.88. The number of hydrogen-bond donors (Lipinski definition) is 1. The van der Waals surface area contributed by atoms with Gasteiger partial charge in [0.25, 0.3) is 0 Å². The Hall–Kier alpha value is -0.930. The molecular formula is C12H14BrF2NO4S. The van der Waals surface area contributed by atoms with Crippen molar-refractivity contribution in [3.63, 3.8) is 0 Å². The maximum absolute atomic E-state index is 12.5. The Bertz CT molecular complexity index is 634. The molecule has 0 aromatic heterocycles. The summed E-state index contributed by atoms with van der Waals surface area (Å²) in [7, 11) is -3.62. The number of hydrogen-bond acceptors (Lipinski definition) is 5. The molecule has 1 aliphatic rings. The number of benzene rings is 1. The molecule has 0 heterocycles. The van der Waals surface area contributed by atoms with Crippen molar-refractivity contribution in [1.82, 2.24) is 0 Å². The van der Waals surface area contributed by atoms with E-state index in [4.69, 9.17) is 0 Å². The van der Waals surface area contributed by atoms with Gasteiger partial charge < -0.3 is 4.74 Å². The van der Waals surface area contributed by atoms with Crippen molar-refractivity contribution in [2.75, 3.05) is 17.9 Å². The van der Waals surface area contributed by atoms with E-state index >= 15 is 0 Å². The molecule has 1 fully saturated rings. The van der Waals surface area contributed by atoms with Gasteiger partial charge in [-0.3, -0.25) is 10.3 Å². The summed E-state index contributed by atoms with van der Waals surface area (Å²) >= 11 is 3.07. The van der Waals surface area contributed by atoms with Gasteiger partial charge in [0.05, 0.1) is 4.90 Å². The molecule has 1 aliphatic carbocycles. The molecule has 0 amide bonds. The topological polar surface area (TPSA) is 66.8 Å². The van der Waals surface area contributed by atoms with E-state index < -0.39 is 16.4 Å². The van der Waals surface area contributed by atoms with Gasteiger partial charge in [-0.2, -0.15) is 8.78 Å². The second-order valence-electron chi connectivity index (χ2n) is 4.93. The molecule has 0 saturated heterocycles. The fourth-order valence-electron chi connectivity index (χ4n) is 1.84.